The summed E-state index contributed by atoms with van der Waals surface area (Å²) >= 11 is 0. The third kappa shape index (κ3) is 2.26. The van der Waals surface area contributed by atoms with Crippen LogP contribution in [0.3, 0.4) is 0 Å². The van der Waals surface area contributed by atoms with Gasteiger partial charge in [0.2, 0.25) is 0 Å². The van der Waals surface area contributed by atoms with E-state index in [-0.39, 0.29) is 0 Å². The molecule has 1 aromatic rings. The number of fused-ring (bicyclic) bond motifs is 2. The van der Waals surface area contributed by atoms with Gasteiger partial charge < -0.3 is 15.4 Å². The molecule has 0 radical (unpaired) electrons. The highest BCUT2D eigenvalue weighted by Crippen LogP contribution is 2.39. The quantitative estimate of drug-likeness (QED) is 0.904. The molecule has 0 saturated carbocycles. The normalized spacial score (nSPS) is 34.5. The van der Waals surface area contributed by atoms with E-state index in [0.29, 0.717) is 24.0 Å². The summed E-state index contributed by atoms with van der Waals surface area (Å²) in [6, 6.07) is 10.0. The Morgan fingerprint density at radius 2 is 2.11 bits per heavy atom. The lowest BCUT2D eigenvalue weighted by molar-refractivity contribution is 0.101. The van der Waals surface area contributed by atoms with Crippen molar-refractivity contribution in [1.29, 1.82) is 0 Å². The molecule has 2 N–H and O–H groups in total. The molecule has 2 fully saturated rings. The summed E-state index contributed by atoms with van der Waals surface area (Å²) in [5.41, 5.74) is 7.73. The van der Waals surface area contributed by atoms with E-state index in [4.69, 9.17) is 10.5 Å². The van der Waals surface area contributed by atoms with Crippen LogP contribution in [0.2, 0.25) is 0 Å². The summed E-state index contributed by atoms with van der Waals surface area (Å²) in [5.74, 6) is 1.55. The van der Waals surface area contributed by atoms with Gasteiger partial charge in [-0.2, -0.15) is 0 Å². The molecule has 0 aromatic heterocycles. The predicted molar refractivity (Wildman–Crippen MR) is 77.4 cm³/mol. The number of hydrogen-bond donors (Lipinski definition) is 1. The van der Waals surface area contributed by atoms with Gasteiger partial charge in [-0.1, -0.05) is 18.2 Å². The van der Waals surface area contributed by atoms with E-state index in [9.17, 15) is 0 Å². The summed E-state index contributed by atoms with van der Waals surface area (Å²) in [7, 11) is 4.01. The second-order valence-electron chi connectivity index (χ2n) is 6.04. The largest absolute Gasteiger partial charge is 0.496 e. The van der Waals surface area contributed by atoms with Crippen molar-refractivity contribution in [2.45, 2.75) is 43.8 Å². The fraction of sp³-hybridized carbons (Fsp3) is 0.625. The number of nitrogens with zero attached hydrogens (tertiary/aromatic N) is 1. The average molecular weight is 260 g/mol. The van der Waals surface area contributed by atoms with Gasteiger partial charge in [-0.25, -0.2) is 0 Å². The van der Waals surface area contributed by atoms with Crippen LogP contribution < -0.4 is 10.5 Å². The van der Waals surface area contributed by atoms with E-state index in [2.05, 4.69) is 24.1 Å². The van der Waals surface area contributed by atoms with Crippen LogP contribution in [0.5, 0.6) is 5.75 Å². The number of benzene rings is 1. The Hall–Kier alpha value is -1.06. The van der Waals surface area contributed by atoms with Gasteiger partial charge in [0.25, 0.3) is 0 Å². The molecule has 104 valence electrons. The molecule has 1 aromatic carbocycles. The number of rotatable bonds is 3. The third-order valence-electron chi connectivity index (χ3n) is 5.13. The average Bonchev–Trinajstić information content (AvgIpc) is 2.68. The first-order valence-electron chi connectivity index (χ1n) is 7.30. The molecular weight excluding hydrogens is 236 g/mol. The maximum absolute atomic E-state index is 6.43. The summed E-state index contributed by atoms with van der Waals surface area (Å²) in [6.45, 7) is 0. The summed E-state index contributed by atoms with van der Waals surface area (Å²) in [6.07, 6.45) is 4.80. The highest BCUT2D eigenvalue weighted by atomic mass is 16.5. The van der Waals surface area contributed by atoms with E-state index in [1.807, 2.05) is 12.1 Å². The summed E-state index contributed by atoms with van der Waals surface area (Å²) in [5, 5.41) is 0. The van der Waals surface area contributed by atoms with Crippen LogP contribution in [0.15, 0.2) is 24.3 Å². The molecule has 0 unspecified atom stereocenters. The third-order valence-corrected chi connectivity index (χ3v) is 5.13. The lowest BCUT2D eigenvalue weighted by Crippen LogP contribution is -2.53. The molecule has 0 aliphatic carbocycles. The minimum absolute atomic E-state index is 0.332. The lowest BCUT2D eigenvalue weighted by atomic mass is 9.81. The smallest absolute Gasteiger partial charge is 0.122 e. The first-order valence-corrected chi connectivity index (χ1v) is 7.30. The van der Waals surface area contributed by atoms with E-state index in [1.54, 1.807) is 7.11 Å². The van der Waals surface area contributed by atoms with Crippen molar-refractivity contribution in [3.8, 4) is 5.75 Å². The van der Waals surface area contributed by atoms with E-state index in [1.165, 1.54) is 18.4 Å². The molecule has 2 bridgehead atoms. The van der Waals surface area contributed by atoms with E-state index in [0.717, 1.165) is 18.6 Å². The monoisotopic (exact) mass is 260 g/mol. The van der Waals surface area contributed by atoms with Crippen LogP contribution in [0.25, 0.3) is 0 Å². The maximum atomic E-state index is 6.43. The lowest BCUT2D eigenvalue weighted by Gasteiger charge is -2.41. The molecule has 19 heavy (non-hydrogen) atoms. The first-order chi connectivity index (χ1) is 9.20. The molecule has 2 heterocycles. The molecule has 0 spiro atoms. The van der Waals surface area contributed by atoms with Crippen LogP contribution >= 0.6 is 0 Å². The van der Waals surface area contributed by atoms with Gasteiger partial charge in [0.15, 0.2) is 0 Å². The Labute approximate surface area is 115 Å². The van der Waals surface area contributed by atoms with Crippen LogP contribution in [-0.2, 0) is 6.42 Å². The van der Waals surface area contributed by atoms with Crippen molar-refractivity contribution in [3.63, 3.8) is 0 Å². The fourth-order valence-electron chi connectivity index (χ4n) is 4.03. The van der Waals surface area contributed by atoms with Crippen LogP contribution in [0, 0.1) is 5.92 Å². The molecular formula is C16H24N2O. The first kappa shape index (κ1) is 12.9. The second-order valence-corrected chi connectivity index (χ2v) is 6.04. The zero-order chi connectivity index (χ0) is 13.4. The Morgan fingerprint density at radius 3 is 2.89 bits per heavy atom. The Morgan fingerprint density at radius 1 is 1.32 bits per heavy atom. The SMILES string of the molecule is COc1ccccc1C[C@@H]1[C@H](N)C[C@H]2CC[C@H]1N2C. The number of methoxy groups -OCH3 is 1. The van der Waals surface area contributed by atoms with Gasteiger partial charge in [-0.15, -0.1) is 0 Å². The molecule has 2 saturated heterocycles. The fourth-order valence-corrected chi connectivity index (χ4v) is 4.03. The number of nitrogens with two attached hydrogens (primary N) is 1. The number of ether oxygens (including phenoxy) is 1. The second kappa shape index (κ2) is 5.14. The maximum Gasteiger partial charge on any atom is 0.122 e. The van der Waals surface area contributed by atoms with Gasteiger partial charge in [-0.3, -0.25) is 0 Å². The van der Waals surface area contributed by atoms with Gasteiger partial charge in [0.05, 0.1) is 7.11 Å². The molecule has 0 amide bonds. The predicted octanol–water partition coefficient (Wildman–Crippen LogP) is 2.05. The van der Waals surface area contributed by atoms with Crippen molar-refractivity contribution in [3.05, 3.63) is 29.8 Å². The van der Waals surface area contributed by atoms with Crippen LogP contribution in [0.1, 0.15) is 24.8 Å². The number of hydrogen-bond acceptors (Lipinski definition) is 3. The Kier molecular flexibility index (Phi) is 3.50. The zero-order valence-corrected chi connectivity index (χ0v) is 11.9. The Bertz CT molecular complexity index is 448. The molecule has 2 aliphatic heterocycles. The molecule has 3 rings (SSSR count). The molecule has 2 aliphatic rings. The Balaban J connectivity index is 1.81. The van der Waals surface area contributed by atoms with Crippen molar-refractivity contribution < 1.29 is 4.74 Å². The molecule has 4 atom stereocenters. The van der Waals surface area contributed by atoms with Crippen molar-refractivity contribution in [1.82, 2.24) is 4.90 Å². The van der Waals surface area contributed by atoms with Gasteiger partial charge in [0, 0.05) is 18.1 Å². The summed E-state index contributed by atoms with van der Waals surface area (Å²) in [4.78, 5) is 2.56. The van der Waals surface area contributed by atoms with Crippen LogP contribution in [0.4, 0.5) is 0 Å². The summed E-state index contributed by atoms with van der Waals surface area (Å²) < 4.78 is 5.47. The number of para-hydroxylation sites is 1. The minimum atomic E-state index is 0.332. The van der Waals surface area contributed by atoms with Crippen molar-refractivity contribution in [2.24, 2.45) is 11.7 Å². The highest BCUT2D eigenvalue weighted by Gasteiger charge is 2.44. The molecule has 3 heteroatoms. The highest BCUT2D eigenvalue weighted by molar-refractivity contribution is 5.34. The van der Waals surface area contributed by atoms with Crippen LogP contribution in [-0.4, -0.2) is 37.2 Å². The van der Waals surface area contributed by atoms with Crippen molar-refractivity contribution >= 4 is 0 Å². The standard InChI is InChI=1S/C16H24N2O/c1-18-12-7-8-15(18)13(14(17)10-12)9-11-5-3-4-6-16(11)19-2/h3-6,12-15H,7-10,17H2,1-2H3/t12-,13-,14-,15-/m1/s1. The van der Waals surface area contributed by atoms with Gasteiger partial charge >= 0.3 is 0 Å². The topological polar surface area (TPSA) is 38.5 Å². The molecule has 3 nitrogen and oxygen atoms in total. The van der Waals surface area contributed by atoms with Gasteiger partial charge in [-0.05, 0) is 50.3 Å². The van der Waals surface area contributed by atoms with Crippen molar-refractivity contribution in [2.75, 3.05) is 14.2 Å². The minimum Gasteiger partial charge on any atom is -0.496 e. The number of piperidine rings is 1. The van der Waals surface area contributed by atoms with E-state index < -0.39 is 0 Å². The van der Waals surface area contributed by atoms with Gasteiger partial charge in [0.1, 0.15) is 5.75 Å². The van der Waals surface area contributed by atoms with E-state index >= 15 is 0 Å². The zero-order valence-electron chi connectivity index (χ0n) is 11.9.